The third kappa shape index (κ3) is 4.29. The van der Waals surface area contributed by atoms with Crippen LogP contribution in [0.2, 0.25) is 0 Å². The standard InChI is InChI=1S/C13H18BrNO4S/c1-3-9-15(10-13(16)19-4-2)20(17,18)12-8-6-5-7-11(12)14/h5-8H,3-4,9-10H2,1-2H3. The van der Waals surface area contributed by atoms with E-state index in [-0.39, 0.29) is 24.6 Å². The van der Waals surface area contributed by atoms with Gasteiger partial charge in [-0.15, -0.1) is 0 Å². The van der Waals surface area contributed by atoms with Crippen molar-refractivity contribution in [3.8, 4) is 0 Å². The number of carbonyl (C=O) groups excluding carboxylic acids is 1. The van der Waals surface area contributed by atoms with E-state index < -0.39 is 16.0 Å². The number of sulfonamides is 1. The van der Waals surface area contributed by atoms with Crippen LogP contribution in [-0.2, 0) is 19.6 Å². The van der Waals surface area contributed by atoms with Crippen molar-refractivity contribution in [2.75, 3.05) is 19.7 Å². The molecule has 1 rings (SSSR count). The fourth-order valence-corrected chi connectivity index (χ4v) is 4.12. The molecular weight excluding hydrogens is 346 g/mol. The van der Waals surface area contributed by atoms with Crippen molar-refractivity contribution in [1.82, 2.24) is 4.31 Å². The zero-order valence-corrected chi connectivity index (χ0v) is 13.9. The molecule has 0 unspecified atom stereocenters. The van der Waals surface area contributed by atoms with Crippen LogP contribution in [0.15, 0.2) is 33.6 Å². The van der Waals surface area contributed by atoms with Crippen LogP contribution in [-0.4, -0.2) is 38.4 Å². The summed E-state index contributed by atoms with van der Waals surface area (Å²) in [7, 11) is -3.72. The van der Waals surface area contributed by atoms with Gasteiger partial charge in [-0.05, 0) is 41.4 Å². The molecule has 0 amide bonds. The monoisotopic (exact) mass is 363 g/mol. The maximum atomic E-state index is 12.6. The first kappa shape index (κ1) is 17.1. The summed E-state index contributed by atoms with van der Waals surface area (Å²) in [6.45, 7) is 3.76. The molecule has 0 N–H and O–H groups in total. The molecular formula is C13H18BrNO4S. The lowest BCUT2D eigenvalue weighted by atomic mass is 10.4. The van der Waals surface area contributed by atoms with Crippen molar-refractivity contribution < 1.29 is 17.9 Å². The van der Waals surface area contributed by atoms with Crippen molar-refractivity contribution in [3.63, 3.8) is 0 Å². The molecule has 0 saturated carbocycles. The number of esters is 1. The summed E-state index contributed by atoms with van der Waals surface area (Å²) < 4.78 is 31.6. The summed E-state index contributed by atoms with van der Waals surface area (Å²) >= 11 is 3.23. The van der Waals surface area contributed by atoms with Crippen molar-refractivity contribution in [2.45, 2.75) is 25.2 Å². The van der Waals surface area contributed by atoms with Gasteiger partial charge in [0.15, 0.2) is 0 Å². The van der Waals surface area contributed by atoms with Gasteiger partial charge in [0, 0.05) is 11.0 Å². The highest BCUT2D eigenvalue weighted by Gasteiger charge is 2.27. The molecule has 0 aliphatic carbocycles. The SMILES string of the molecule is CCCN(CC(=O)OCC)S(=O)(=O)c1ccccc1Br. The fourth-order valence-electron chi connectivity index (χ4n) is 1.68. The Balaban J connectivity index is 3.06. The Morgan fingerprint density at radius 3 is 2.50 bits per heavy atom. The molecule has 0 saturated heterocycles. The van der Waals surface area contributed by atoms with E-state index in [1.807, 2.05) is 6.92 Å². The van der Waals surface area contributed by atoms with E-state index in [1.54, 1.807) is 25.1 Å². The highest BCUT2D eigenvalue weighted by molar-refractivity contribution is 9.10. The normalized spacial score (nSPS) is 11.6. The molecule has 0 aliphatic heterocycles. The highest BCUT2D eigenvalue weighted by Crippen LogP contribution is 2.24. The molecule has 0 spiro atoms. The van der Waals surface area contributed by atoms with E-state index in [9.17, 15) is 13.2 Å². The van der Waals surface area contributed by atoms with Crippen molar-refractivity contribution in [2.24, 2.45) is 0 Å². The van der Waals surface area contributed by atoms with E-state index in [1.165, 1.54) is 6.07 Å². The molecule has 1 aromatic rings. The van der Waals surface area contributed by atoms with Gasteiger partial charge in [0.1, 0.15) is 6.54 Å². The number of carbonyl (C=O) groups is 1. The van der Waals surface area contributed by atoms with Crippen molar-refractivity contribution in [3.05, 3.63) is 28.7 Å². The predicted molar refractivity (Wildman–Crippen MR) is 79.8 cm³/mol. The average Bonchev–Trinajstić information content (AvgIpc) is 2.38. The van der Waals surface area contributed by atoms with Crippen LogP contribution in [0.25, 0.3) is 0 Å². The molecule has 0 aliphatic rings. The molecule has 0 atom stereocenters. The zero-order valence-electron chi connectivity index (χ0n) is 11.5. The second-order valence-corrected chi connectivity index (χ2v) is 6.83. The summed E-state index contributed by atoms with van der Waals surface area (Å²) in [5.41, 5.74) is 0. The molecule has 20 heavy (non-hydrogen) atoms. The third-order valence-corrected chi connectivity index (χ3v) is 5.40. The van der Waals surface area contributed by atoms with Gasteiger partial charge >= 0.3 is 5.97 Å². The minimum absolute atomic E-state index is 0.151. The molecule has 1 aromatic carbocycles. The zero-order chi connectivity index (χ0) is 15.2. The molecule has 7 heteroatoms. The van der Waals surface area contributed by atoms with Gasteiger partial charge in [-0.25, -0.2) is 8.42 Å². The van der Waals surface area contributed by atoms with Crippen LogP contribution in [0, 0.1) is 0 Å². The lowest BCUT2D eigenvalue weighted by Crippen LogP contribution is -2.37. The first-order chi connectivity index (χ1) is 9.43. The van der Waals surface area contributed by atoms with Crippen molar-refractivity contribution in [1.29, 1.82) is 0 Å². The maximum Gasteiger partial charge on any atom is 0.321 e. The van der Waals surface area contributed by atoms with Gasteiger partial charge in [0.25, 0.3) is 0 Å². The van der Waals surface area contributed by atoms with Gasteiger partial charge < -0.3 is 4.74 Å². The summed E-state index contributed by atoms with van der Waals surface area (Å²) in [5, 5.41) is 0. The Hall–Kier alpha value is -0.920. The largest absolute Gasteiger partial charge is 0.465 e. The predicted octanol–water partition coefficient (Wildman–Crippen LogP) is 2.41. The first-order valence-electron chi connectivity index (χ1n) is 6.33. The molecule has 0 heterocycles. The minimum atomic E-state index is -3.72. The van der Waals surface area contributed by atoms with E-state index in [4.69, 9.17) is 4.74 Å². The number of hydrogen-bond donors (Lipinski definition) is 0. The molecule has 0 radical (unpaired) electrons. The van der Waals surface area contributed by atoms with E-state index in [0.29, 0.717) is 10.9 Å². The van der Waals surface area contributed by atoms with Crippen LogP contribution >= 0.6 is 15.9 Å². The van der Waals surface area contributed by atoms with E-state index in [2.05, 4.69) is 15.9 Å². The minimum Gasteiger partial charge on any atom is -0.465 e. The Labute approximate surface area is 128 Å². The lowest BCUT2D eigenvalue weighted by Gasteiger charge is -2.21. The second kappa shape index (κ2) is 7.75. The van der Waals surface area contributed by atoms with E-state index in [0.717, 1.165) is 4.31 Å². The molecule has 0 aromatic heterocycles. The highest BCUT2D eigenvalue weighted by atomic mass is 79.9. The topological polar surface area (TPSA) is 63.7 Å². The number of hydrogen-bond acceptors (Lipinski definition) is 4. The summed E-state index contributed by atoms with van der Waals surface area (Å²) in [6, 6.07) is 6.54. The van der Waals surface area contributed by atoms with Gasteiger partial charge in [-0.2, -0.15) is 4.31 Å². The van der Waals surface area contributed by atoms with Crippen LogP contribution < -0.4 is 0 Å². The molecule has 0 bridgehead atoms. The Kier molecular flexibility index (Phi) is 6.64. The second-order valence-electron chi connectivity index (χ2n) is 4.07. The van der Waals surface area contributed by atoms with Gasteiger partial charge in [-0.3, -0.25) is 4.79 Å². The third-order valence-electron chi connectivity index (χ3n) is 2.54. The Bertz CT molecular complexity index is 559. The van der Waals surface area contributed by atoms with E-state index >= 15 is 0 Å². The maximum absolute atomic E-state index is 12.6. The fraction of sp³-hybridized carbons (Fsp3) is 0.462. The van der Waals surface area contributed by atoms with Crippen LogP contribution in [0.4, 0.5) is 0 Å². The van der Waals surface area contributed by atoms with Crippen LogP contribution in [0.5, 0.6) is 0 Å². The molecule has 0 fully saturated rings. The lowest BCUT2D eigenvalue weighted by molar-refractivity contribution is -0.143. The van der Waals surface area contributed by atoms with Gasteiger partial charge in [0.05, 0.1) is 11.5 Å². The van der Waals surface area contributed by atoms with Crippen LogP contribution in [0.1, 0.15) is 20.3 Å². The molecule has 5 nitrogen and oxygen atoms in total. The van der Waals surface area contributed by atoms with Gasteiger partial charge in [-0.1, -0.05) is 19.1 Å². The Morgan fingerprint density at radius 1 is 1.30 bits per heavy atom. The Morgan fingerprint density at radius 2 is 1.95 bits per heavy atom. The first-order valence-corrected chi connectivity index (χ1v) is 8.57. The van der Waals surface area contributed by atoms with Crippen LogP contribution in [0.3, 0.4) is 0 Å². The summed E-state index contributed by atoms with van der Waals surface area (Å²) in [5.74, 6) is -0.545. The number of nitrogens with zero attached hydrogens (tertiary/aromatic N) is 1. The average molecular weight is 364 g/mol. The smallest absolute Gasteiger partial charge is 0.321 e. The number of benzene rings is 1. The quantitative estimate of drug-likeness (QED) is 0.697. The molecule has 112 valence electrons. The number of ether oxygens (including phenoxy) is 1. The summed E-state index contributed by atoms with van der Waals surface area (Å²) in [4.78, 5) is 11.7. The number of halogens is 1. The van der Waals surface area contributed by atoms with Crippen molar-refractivity contribution >= 4 is 31.9 Å². The van der Waals surface area contributed by atoms with Gasteiger partial charge in [0.2, 0.25) is 10.0 Å². The summed E-state index contributed by atoms with van der Waals surface area (Å²) in [6.07, 6.45) is 0.614. The number of rotatable bonds is 7.